The first-order chi connectivity index (χ1) is 15.6. The Hall–Kier alpha value is -3.18. The molecule has 12 heteroatoms. The van der Waals surface area contributed by atoms with Crippen molar-refractivity contribution in [2.75, 3.05) is 5.32 Å². The molecule has 0 unspecified atom stereocenters. The topological polar surface area (TPSA) is 64.7 Å². The lowest BCUT2D eigenvalue weighted by Crippen LogP contribution is -2.12. The molecule has 0 aliphatic carbocycles. The van der Waals surface area contributed by atoms with E-state index in [1.807, 2.05) is 0 Å². The van der Waals surface area contributed by atoms with E-state index in [9.17, 15) is 22.4 Å². The molecule has 0 saturated carbocycles. The number of benzene rings is 1. The first-order valence-electron chi connectivity index (χ1n) is 9.57. The standard InChI is InChI=1S/C21H16ClF4N5OS/c1-12-7-19(29-31(12)10-14-15(22)3-2-4-16(14)23)27-20(32)17-8-13(11-33-17)9-30-6-5-18(28-30)21(24,25)26/h2-8,11H,9-10H2,1H3,(H,27,29,32). The second kappa shape index (κ2) is 8.99. The predicted octanol–water partition coefficient (Wildman–Crippen LogP) is 5.61. The van der Waals surface area contributed by atoms with Crippen molar-refractivity contribution >= 4 is 34.7 Å². The van der Waals surface area contributed by atoms with E-state index in [0.717, 1.165) is 22.1 Å². The van der Waals surface area contributed by atoms with Crippen LogP contribution in [0.3, 0.4) is 0 Å². The van der Waals surface area contributed by atoms with Crippen molar-refractivity contribution < 1.29 is 22.4 Å². The average molecular weight is 498 g/mol. The molecular formula is C21H16ClF4N5OS. The number of halogens is 5. The molecule has 4 rings (SSSR count). The molecule has 0 radical (unpaired) electrons. The van der Waals surface area contributed by atoms with Gasteiger partial charge in [0.2, 0.25) is 0 Å². The fourth-order valence-corrected chi connectivity index (χ4v) is 4.13. The van der Waals surface area contributed by atoms with Crippen LogP contribution in [-0.2, 0) is 19.3 Å². The smallest absolute Gasteiger partial charge is 0.304 e. The van der Waals surface area contributed by atoms with Crippen LogP contribution in [0.25, 0.3) is 0 Å². The minimum absolute atomic E-state index is 0.0942. The van der Waals surface area contributed by atoms with Crippen molar-refractivity contribution in [3.8, 4) is 0 Å². The van der Waals surface area contributed by atoms with Gasteiger partial charge >= 0.3 is 6.18 Å². The van der Waals surface area contributed by atoms with Gasteiger partial charge in [0.1, 0.15) is 5.82 Å². The minimum atomic E-state index is -4.51. The first kappa shape index (κ1) is 23.0. The molecule has 1 N–H and O–H groups in total. The molecule has 1 amide bonds. The Labute approximate surface area is 194 Å². The number of hydrogen-bond donors (Lipinski definition) is 1. The highest BCUT2D eigenvalue weighted by Crippen LogP contribution is 2.27. The quantitative estimate of drug-likeness (QED) is 0.352. The van der Waals surface area contributed by atoms with Gasteiger partial charge in [-0.1, -0.05) is 17.7 Å². The number of aromatic nitrogens is 4. The molecule has 172 valence electrons. The second-order valence-electron chi connectivity index (χ2n) is 7.20. The molecule has 0 fully saturated rings. The van der Waals surface area contributed by atoms with Crippen molar-refractivity contribution in [2.24, 2.45) is 0 Å². The molecule has 0 saturated heterocycles. The average Bonchev–Trinajstić information content (AvgIpc) is 3.46. The van der Waals surface area contributed by atoms with Crippen LogP contribution in [0.15, 0.2) is 48.0 Å². The van der Waals surface area contributed by atoms with Gasteiger partial charge in [0, 0.05) is 28.5 Å². The van der Waals surface area contributed by atoms with Gasteiger partial charge in [0.25, 0.3) is 5.91 Å². The number of alkyl halides is 3. The van der Waals surface area contributed by atoms with Gasteiger partial charge < -0.3 is 5.32 Å². The van der Waals surface area contributed by atoms with Crippen molar-refractivity contribution in [1.29, 1.82) is 0 Å². The Morgan fingerprint density at radius 1 is 1.18 bits per heavy atom. The molecule has 0 spiro atoms. The summed E-state index contributed by atoms with van der Waals surface area (Å²) in [5, 5.41) is 12.4. The third kappa shape index (κ3) is 5.25. The number of amides is 1. The van der Waals surface area contributed by atoms with E-state index in [0.29, 0.717) is 21.7 Å². The number of nitrogens with one attached hydrogen (secondary N) is 1. The second-order valence-corrected chi connectivity index (χ2v) is 8.52. The number of carbonyl (C=O) groups is 1. The van der Waals surface area contributed by atoms with Crippen molar-refractivity contribution in [3.05, 3.63) is 86.2 Å². The zero-order valence-corrected chi connectivity index (χ0v) is 18.6. The predicted molar refractivity (Wildman–Crippen MR) is 116 cm³/mol. The SMILES string of the molecule is Cc1cc(NC(=O)c2cc(Cn3ccc(C(F)(F)F)n3)cs2)nn1Cc1c(F)cccc1Cl. The summed E-state index contributed by atoms with van der Waals surface area (Å²) in [7, 11) is 0. The highest BCUT2D eigenvalue weighted by atomic mass is 35.5. The van der Waals surface area contributed by atoms with E-state index in [-0.39, 0.29) is 23.9 Å². The molecule has 0 aliphatic heterocycles. The van der Waals surface area contributed by atoms with Gasteiger partial charge in [-0.2, -0.15) is 23.4 Å². The normalized spacial score (nSPS) is 11.7. The molecule has 3 heterocycles. The molecule has 4 aromatic rings. The summed E-state index contributed by atoms with van der Waals surface area (Å²) in [4.78, 5) is 13.0. The number of aryl methyl sites for hydroxylation is 1. The van der Waals surface area contributed by atoms with Gasteiger partial charge in [-0.3, -0.25) is 14.2 Å². The van der Waals surface area contributed by atoms with E-state index in [2.05, 4.69) is 15.5 Å². The van der Waals surface area contributed by atoms with E-state index in [1.54, 1.807) is 30.5 Å². The van der Waals surface area contributed by atoms with Gasteiger partial charge in [0.05, 0.1) is 18.0 Å². The number of anilines is 1. The maximum Gasteiger partial charge on any atom is 0.435 e. The van der Waals surface area contributed by atoms with Crippen LogP contribution >= 0.6 is 22.9 Å². The van der Waals surface area contributed by atoms with E-state index < -0.39 is 23.6 Å². The number of carbonyl (C=O) groups excluding carboxylic acids is 1. The lowest BCUT2D eigenvalue weighted by Gasteiger charge is -2.07. The van der Waals surface area contributed by atoms with Gasteiger partial charge in [0.15, 0.2) is 11.5 Å². The molecule has 1 aromatic carbocycles. The Bertz CT molecular complexity index is 1290. The van der Waals surface area contributed by atoms with Crippen LogP contribution in [0, 0.1) is 12.7 Å². The Morgan fingerprint density at radius 3 is 2.67 bits per heavy atom. The van der Waals surface area contributed by atoms with E-state index >= 15 is 0 Å². The molecule has 3 aromatic heterocycles. The zero-order chi connectivity index (χ0) is 23.8. The third-order valence-corrected chi connectivity index (χ3v) is 6.08. The maximum atomic E-state index is 14.1. The van der Waals surface area contributed by atoms with Crippen LogP contribution in [0.4, 0.5) is 23.4 Å². The number of rotatable bonds is 6. The van der Waals surface area contributed by atoms with Gasteiger partial charge in [-0.05, 0) is 42.1 Å². The highest BCUT2D eigenvalue weighted by molar-refractivity contribution is 7.12. The summed E-state index contributed by atoms with van der Waals surface area (Å²) in [5.41, 5.74) is 0.644. The molecule has 6 nitrogen and oxygen atoms in total. The highest BCUT2D eigenvalue weighted by Gasteiger charge is 2.33. The summed E-state index contributed by atoms with van der Waals surface area (Å²) < 4.78 is 54.8. The Balaban J connectivity index is 1.43. The number of thiophene rings is 1. The summed E-state index contributed by atoms with van der Waals surface area (Å²) in [6.45, 7) is 1.96. The number of hydrogen-bond acceptors (Lipinski definition) is 4. The first-order valence-corrected chi connectivity index (χ1v) is 10.8. The van der Waals surface area contributed by atoms with Crippen molar-refractivity contribution in [3.63, 3.8) is 0 Å². The van der Waals surface area contributed by atoms with Gasteiger partial charge in [-0.25, -0.2) is 4.39 Å². The van der Waals surface area contributed by atoms with Crippen LogP contribution in [-0.4, -0.2) is 25.5 Å². The molecule has 0 bridgehead atoms. The molecule has 0 atom stereocenters. The Morgan fingerprint density at radius 2 is 1.97 bits per heavy atom. The summed E-state index contributed by atoms with van der Waals surface area (Å²) in [6, 6.07) is 8.53. The summed E-state index contributed by atoms with van der Waals surface area (Å²) >= 11 is 7.22. The maximum absolute atomic E-state index is 14.1. The van der Waals surface area contributed by atoms with Crippen LogP contribution in [0.1, 0.15) is 32.2 Å². The van der Waals surface area contributed by atoms with Crippen LogP contribution < -0.4 is 5.32 Å². The monoisotopic (exact) mass is 497 g/mol. The van der Waals surface area contributed by atoms with E-state index in [1.165, 1.54) is 23.0 Å². The van der Waals surface area contributed by atoms with Gasteiger partial charge in [-0.15, -0.1) is 11.3 Å². The largest absolute Gasteiger partial charge is 0.435 e. The Kier molecular flexibility index (Phi) is 6.26. The van der Waals surface area contributed by atoms with Crippen molar-refractivity contribution in [1.82, 2.24) is 19.6 Å². The van der Waals surface area contributed by atoms with E-state index in [4.69, 9.17) is 11.6 Å². The fraction of sp³-hybridized carbons (Fsp3) is 0.190. The number of nitrogens with zero attached hydrogens (tertiary/aromatic N) is 4. The third-order valence-electron chi connectivity index (χ3n) is 4.75. The van der Waals surface area contributed by atoms with Crippen molar-refractivity contribution in [2.45, 2.75) is 26.2 Å². The van der Waals surface area contributed by atoms with Crippen LogP contribution in [0.2, 0.25) is 5.02 Å². The minimum Gasteiger partial charge on any atom is -0.304 e. The fourth-order valence-electron chi connectivity index (χ4n) is 3.11. The molecule has 0 aliphatic rings. The molecule has 33 heavy (non-hydrogen) atoms. The lowest BCUT2D eigenvalue weighted by atomic mass is 10.2. The lowest BCUT2D eigenvalue weighted by molar-refractivity contribution is -0.141. The zero-order valence-electron chi connectivity index (χ0n) is 17.0. The summed E-state index contributed by atoms with van der Waals surface area (Å²) in [5.74, 6) is -0.591. The van der Waals surface area contributed by atoms with Crippen LogP contribution in [0.5, 0.6) is 0 Å². The summed E-state index contributed by atoms with van der Waals surface area (Å²) in [6.07, 6.45) is -3.28. The molecular weight excluding hydrogens is 482 g/mol.